The molecule has 0 aliphatic rings. The number of para-hydroxylation sites is 1. The van der Waals surface area contributed by atoms with Crippen LogP contribution in [0.2, 0.25) is 0 Å². The van der Waals surface area contributed by atoms with Crippen LogP contribution in [0.4, 0.5) is 0 Å². The van der Waals surface area contributed by atoms with Gasteiger partial charge in [-0.05, 0) is 24.6 Å². The van der Waals surface area contributed by atoms with Gasteiger partial charge in [0.25, 0.3) is 0 Å². The Labute approximate surface area is 135 Å². The zero-order valence-electron chi connectivity index (χ0n) is 12.8. The average molecular weight is 307 g/mol. The first-order valence-corrected chi connectivity index (χ1v) is 7.15. The summed E-state index contributed by atoms with van der Waals surface area (Å²) in [5.41, 5.74) is 4.35. The van der Waals surface area contributed by atoms with Gasteiger partial charge in [-0.1, -0.05) is 42.5 Å². The van der Waals surface area contributed by atoms with Crippen molar-refractivity contribution >= 4 is 12.0 Å². The van der Waals surface area contributed by atoms with E-state index in [1.165, 1.54) is 13.1 Å². The van der Waals surface area contributed by atoms with Crippen LogP contribution >= 0.6 is 0 Å². The third-order valence-electron chi connectivity index (χ3n) is 3.10. The van der Waals surface area contributed by atoms with Crippen LogP contribution in [0.5, 0.6) is 5.75 Å². The van der Waals surface area contributed by atoms with Gasteiger partial charge in [0, 0.05) is 5.56 Å². The fourth-order valence-electron chi connectivity index (χ4n) is 1.85. The number of hydrazone groups is 1. The Balaban J connectivity index is 2.03. The number of benzene rings is 2. The molecule has 5 nitrogen and oxygen atoms in total. The normalized spacial score (nSPS) is 11.7. The highest BCUT2D eigenvalue weighted by Gasteiger charge is 2.10. The lowest BCUT2D eigenvalue weighted by Crippen LogP contribution is -2.29. The van der Waals surface area contributed by atoms with Crippen LogP contribution in [0, 0.1) is 11.3 Å². The highest BCUT2D eigenvalue weighted by molar-refractivity contribution is 5.85. The quantitative estimate of drug-likeness (QED) is 0.630. The maximum absolute atomic E-state index is 11.2. The Kier molecular flexibility index (Phi) is 5.89. The van der Waals surface area contributed by atoms with Crippen LogP contribution in [-0.2, 0) is 11.4 Å². The Bertz CT molecular complexity index is 721. The van der Waals surface area contributed by atoms with Crippen LogP contribution < -0.4 is 10.2 Å². The first kappa shape index (κ1) is 16.2. The molecule has 1 unspecified atom stereocenters. The zero-order chi connectivity index (χ0) is 16.5. The zero-order valence-corrected chi connectivity index (χ0v) is 12.8. The summed E-state index contributed by atoms with van der Waals surface area (Å²) in [5.74, 6) is 0.400. The summed E-state index contributed by atoms with van der Waals surface area (Å²) in [6, 6.07) is 18.2. The van der Waals surface area contributed by atoms with Gasteiger partial charge in [-0.2, -0.15) is 10.4 Å². The minimum absolute atomic E-state index is 0.279. The summed E-state index contributed by atoms with van der Waals surface area (Å²) >= 11 is 0. The molecule has 2 aromatic rings. The largest absolute Gasteiger partial charge is 0.488 e. The summed E-state index contributed by atoms with van der Waals surface area (Å²) in [5, 5.41) is 12.8. The third-order valence-corrected chi connectivity index (χ3v) is 3.10. The average Bonchev–Trinajstić information content (AvgIpc) is 2.58. The Morgan fingerprint density at radius 1 is 1.26 bits per heavy atom. The maximum atomic E-state index is 11.2. The minimum atomic E-state index is -0.941. The first-order valence-electron chi connectivity index (χ1n) is 7.15. The second-order valence-corrected chi connectivity index (χ2v) is 4.87. The van der Waals surface area contributed by atoms with Crippen LogP contribution in [0.15, 0.2) is 59.7 Å². The second kappa shape index (κ2) is 8.35. The van der Waals surface area contributed by atoms with Crippen molar-refractivity contribution in [3.8, 4) is 11.8 Å². The standard InChI is InChI=1S/C18H17N3O2/c1-14(22)17(11-19)21-20-12-16-9-5-6-10-18(16)23-13-15-7-3-2-4-8-15/h2-10,12,17,21H,13H2,1H3. The number of hydrogen-bond donors (Lipinski definition) is 1. The van der Waals surface area contributed by atoms with Gasteiger partial charge in [0.15, 0.2) is 11.8 Å². The predicted molar refractivity (Wildman–Crippen MR) is 88.0 cm³/mol. The van der Waals surface area contributed by atoms with E-state index in [1.807, 2.05) is 60.7 Å². The van der Waals surface area contributed by atoms with Crippen molar-refractivity contribution < 1.29 is 9.53 Å². The lowest BCUT2D eigenvalue weighted by atomic mass is 10.2. The van der Waals surface area contributed by atoms with Crippen LogP contribution in [-0.4, -0.2) is 18.0 Å². The molecule has 0 aliphatic carbocycles. The van der Waals surface area contributed by atoms with Gasteiger partial charge in [-0.15, -0.1) is 0 Å². The number of carbonyl (C=O) groups excluding carboxylic acids is 1. The van der Waals surface area contributed by atoms with Crippen molar-refractivity contribution in [2.24, 2.45) is 5.10 Å². The molecule has 0 saturated heterocycles. The smallest absolute Gasteiger partial charge is 0.188 e. The molecule has 5 heteroatoms. The SMILES string of the molecule is CC(=O)C(C#N)NN=Cc1ccccc1OCc1ccccc1. The number of carbonyl (C=O) groups is 1. The molecular weight excluding hydrogens is 290 g/mol. The molecule has 0 spiro atoms. The molecule has 0 aliphatic heterocycles. The van der Waals surface area contributed by atoms with Crippen molar-refractivity contribution in [3.63, 3.8) is 0 Å². The highest BCUT2D eigenvalue weighted by atomic mass is 16.5. The Hall–Kier alpha value is -3.13. The number of hydrogen-bond acceptors (Lipinski definition) is 5. The monoisotopic (exact) mass is 307 g/mol. The van der Waals surface area contributed by atoms with E-state index in [2.05, 4.69) is 10.5 Å². The summed E-state index contributed by atoms with van der Waals surface area (Å²) in [6.45, 7) is 1.79. The number of nitrogens with one attached hydrogen (secondary N) is 1. The van der Waals surface area contributed by atoms with Crippen molar-refractivity contribution in [1.82, 2.24) is 5.43 Å². The van der Waals surface area contributed by atoms with Crippen molar-refractivity contribution in [3.05, 3.63) is 65.7 Å². The molecule has 116 valence electrons. The fraction of sp³-hybridized carbons (Fsp3) is 0.167. The van der Waals surface area contributed by atoms with Gasteiger partial charge < -0.3 is 4.74 Å². The molecule has 0 heterocycles. The number of ketones is 1. The molecule has 0 fully saturated rings. The Morgan fingerprint density at radius 2 is 1.96 bits per heavy atom. The predicted octanol–water partition coefficient (Wildman–Crippen LogP) is 2.67. The van der Waals surface area contributed by atoms with Crippen molar-refractivity contribution in [2.45, 2.75) is 19.6 Å². The molecule has 0 radical (unpaired) electrons. The molecule has 2 rings (SSSR count). The second-order valence-electron chi connectivity index (χ2n) is 4.87. The topological polar surface area (TPSA) is 74.5 Å². The minimum Gasteiger partial charge on any atom is -0.488 e. The van der Waals surface area contributed by atoms with Crippen LogP contribution in [0.3, 0.4) is 0 Å². The molecule has 0 aromatic heterocycles. The summed E-state index contributed by atoms with van der Waals surface area (Å²) < 4.78 is 5.80. The Morgan fingerprint density at radius 3 is 2.65 bits per heavy atom. The third kappa shape index (κ3) is 4.97. The highest BCUT2D eigenvalue weighted by Crippen LogP contribution is 2.17. The van der Waals surface area contributed by atoms with Crippen LogP contribution in [0.25, 0.3) is 0 Å². The van der Waals surface area contributed by atoms with E-state index >= 15 is 0 Å². The molecule has 0 bridgehead atoms. The van der Waals surface area contributed by atoms with Crippen LogP contribution in [0.1, 0.15) is 18.1 Å². The van der Waals surface area contributed by atoms with Crippen molar-refractivity contribution in [1.29, 1.82) is 5.26 Å². The molecule has 1 N–H and O–H groups in total. The summed E-state index contributed by atoms with van der Waals surface area (Å²) in [6.07, 6.45) is 1.54. The number of ether oxygens (including phenoxy) is 1. The summed E-state index contributed by atoms with van der Waals surface area (Å²) in [7, 11) is 0. The van der Waals surface area contributed by atoms with E-state index in [-0.39, 0.29) is 5.78 Å². The van der Waals surface area contributed by atoms with Gasteiger partial charge in [0.2, 0.25) is 0 Å². The molecule has 1 atom stereocenters. The van der Waals surface area contributed by atoms with E-state index < -0.39 is 6.04 Å². The fourth-order valence-corrected chi connectivity index (χ4v) is 1.85. The molecule has 23 heavy (non-hydrogen) atoms. The van der Waals surface area contributed by atoms with E-state index in [9.17, 15) is 4.79 Å². The summed E-state index contributed by atoms with van der Waals surface area (Å²) in [4.78, 5) is 11.2. The van der Waals surface area contributed by atoms with Gasteiger partial charge in [0.05, 0.1) is 12.3 Å². The lowest BCUT2D eigenvalue weighted by molar-refractivity contribution is -0.117. The van der Waals surface area contributed by atoms with Crippen molar-refractivity contribution in [2.75, 3.05) is 0 Å². The van der Waals surface area contributed by atoms with E-state index in [0.717, 1.165) is 11.1 Å². The molecule has 0 amide bonds. The lowest BCUT2D eigenvalue weighted by Gasteiger charge is -2.09. The number of nitriles is 1. The molecular formula is C18H17N3O2. The molecule has 2 aromatic carbocycles. The number of Topliss-reactive ketones (excluding diaryl/α,β-unsaturated/α-hetero) is 1. The molecule has 0 saturated carbocycles. The first-order chi connectivity index (χ1) is 11.2. The maximum Gasteiger partial charge on any atom is 0.188 e. The van der Waals surface area contributed by atoms with E-state index in [1.54, 1.807) is 0 Å². The number of rotatable bonds is 7. The van der Waals surface area contributed by atoms with Gasteiger partial charge >= 0.3 is 0 Å². The van der Waals surface area contributed by atoms with Gasteiger partial charge in [0.1, 0.15) is 12.4 Å². The number of nitrogens with zero attached hydrogens (tertiary/aromatic N) is 2. The van der Waals surface area contributed by atoms with E-state index in [0.29, 0.717) is 12.4 Å². The van der Waals surface area contributed by atoms with Gasteiger partial charge in [-0.25, -0.2) is 0 Å². The van der Waals surface area contributed by atoms with E-state index in [4.69, 9.17) is 10.00 Å². The van der Waals surface area contributed by atoms with Gasteiger partial charge in [-0.3, -0.25) is 10.2 Å².